The summed E-state index contributed by atoms with van der Waals surface area (Å²) >= 11 is 3.02. The fourth-order valence-electron chi connectivity index (χ4n) is 2.04. The van der Waals surface area contributed by atoms with Gasteiger partial charge in [-0.2, -0.15) is 0 Å². The van der Waals surface area contributed by atoms with E-state index < -0.39 is 17.5 Å². The molecule has 0 saturated carbocycles. The lowest BCUT2D eigenvalue weighted by Gasteiger charge is -2.14. The molecule has 2 amide bonds. The maximum atomic E-state index is 11.6. The van der Waals surface area contributed by atoms with Crippen LogP contribution in [0, 0.1) is 0 Å². The van der Waals surface area contributed by atoms with Gasteiger partial charge < -0.3 is 24.3 Å². The molecule has 0 bridgehead atoms. The summed E-state index contributed by atoms with van der Waals surface area (Å²) in [6, 6.07) is 8.47. The van der Waals surface area contributed by atoms with Crippen molar-refractivity contribution in [2.24, 2.45) is 0 Å². The van der Waals surface area contributed by atoms with E-state index in [0.717, 1.165) is 4.57 Å². The number of ether oxygens (including phenoxy) is 2. The topological polar surface area (TPSA) is 148 Å². The van der Waals surface area contributed by atoms with Crippen molar-refractivity contribution < 1.29 is 28.7 Å². The number of aromatic amines is 1. The Morgan fingerprint density at radius 3 is 1.83 bits per heavy atom. The van der Waals surface area contributed by atoms with Crippen molar-refractivity contribution in [1.29, 1.82) is 0 Å². The van der Waals surface area contributed by atoms with E-state index in [1.807, 2.05) is 0 Å². The SMILES string of the molecule is CN(C)C(=O)CBr.COC(=O)c1cccc(=O)[nH]1.COC(=O)c1cccc(=O)n1CC(=O)N(C)C. The van der Waals surface area contributed by atoms with Gasteiger partial charge in [-0.3, -0.25) is 23.7 Å². The van der Waals surface area contributed by atoms with Crippen LogP contribution in [-0.4, -0.2) is 90.8 Å². The Balaban J connectivity index is 0.000000550. The second-order valence-electron chi connectivity index (χ2n) is 6.96. The first kappa shape index (κ1) is 31.3. The molecule has 2 aromatic heterocycles. The zero-order valence-corrected chi connectivity index (χ0v) is 21.9. The summed E-state index contributed by atoms with van der Waals surface area (Å²) in [5.74, 6) is -1.36. The summed E-state index contributed by atoms with van der Waals surface area (Å²) in [4.78, 5) is 71.6. The number of hydrogen-bond donors (Lipinski definition) is 1. The van der Waals surface area contributed by atoms with Crippen LogP contribution in [0.2, 0.25) is 0 Å². The number of H-pyrrole nitrogens is 1. The van der Waals surface area contributed by atoms with Crippen LogP contribution in [0.5, 0.6) is 0 Å². The number of amides is 2. The average molecular weight is 557 g/mol. The first-order valence-electron chi connectivity index (χ1n) is 9.91. The first-order chi connectivity index (χ1) is 16.4. The number of carbonyl (C=O) groups excluding carboxylic acids is 4. The van der Waals surface area contributed by atoms with Gasteiger partial charge in [0.15, 0.2) is 0 Å². The number of methoxy groups -OCH3 is 2. The predicted octanol–water partition coefficient (Wildman–Crippen LogP) is 0.354. The van der Waals surface area contributed by atoms with E-state index in [2.05, 4.69) is 30.4 Å². The largest absolute Gasteiger partial charge is 0.464 e. The zero-order valence-electron chi connectivity index (χ0n) is 20.4. The van der Waals surface area contributed by atoms with Gasteiger partial charge in [0.1, 0.15) is 17.9 Å². The minimum atomic E-state index is -0.644. The Morgan fingerprint density at radius 1 is 0.857 bits per heavy atom. The van der Waals surface area contributed by atoms with Gasteiger partial charge in [-0.25, -0.2) is 9.59 Å². The van der Waals surface area contributed by atoms with Gasteiger partial charge in [0.2, 0.25) is 17.4 Å². The van der Waals surface area contributed by atoms with Crippen molar-refractivity contribution >= 4 is 39.7 Å². The molecule has 12 nitrogen and oxygen atoms in total. The first-order valence-corrected chi connectivity index (χ1v) is 11.0. The Labute approximate surface area is 210 Å². The molecule has 0 aliphatic heterocycles. The van der Waals surface area contributed by atoms with E-state index >= 15 is 0 Å². The van der Waals surface area contributed by atoms with Gasteiger partial charge in [-0.1, -0.05) is 28.1 Å². The third kappa shape index (κ3) is 11.3. The van der Waals surface area contributed by atoms with Gasteiger partial charge in [-0.15, -0.1) is 0 Å². The molecule has 1 N–H and O–H groups in total. The second-order valence-corrected chi connectivity index (χ2v) is 7.52. The summed E-state index contributed by atoms with van der Waals surface area (Å²) in [5, 5.41) is 0.417. The van der Waals surface area contributed by atoms with Crippen LogP contribution >= 0.6 is 15.9 Å². The molecule has 0 aliphatic carbocycles. The molecule has 0 saturated heterocycles. The van der Waals surface area contributed by atoms with Crippen molar-refractivity contribution in [1.82, 2.24) is 19.4 Å². The van der Waals surface area contributed by atoms with Gasteiger partial charge in [0.05, 0.1) is 19.5 Å². The fourth-order valence-corrected chi connectivity index (χ4v) is 2.54. The molecule has 192 valence electrons. The molecule has 35 heavy (non-hydrogen) atoms. The third-order valence-corrected chi connectivity index (χ3v) is 4.50. The Hall–Kier alpha value is -3.74. The zero-order chi connectivity index (χ0) is 27.1. The predicted molar refractivity (Wildman–Crippen MR) is 132 cm³/mol. The number of esters is 2. The number of alkyl halides is 1. The quantitative estimate of drug-likeness (QED) is 0.409. The van der Waals surface area contributed by atoms with Crippen molar-refractivity contribution in [2.75, 3.05) is 47.7 Å². The van der Waals surface area contributed by atoms with Gasteiger partial charge in [0.25, 0.3) is 5.56 Å². The molecule has 13 heteroatoms. The lowest BCUT2D eigenvalue weighted by Crippen LogP contribution is -2.34. The second kappa shape index (κ2) is 16.0. The van der Waals surface area contributed by atoms with E-state index in [-0.39, 0.29) is 35.3 Å². The number of nitrogens with zero attached hydrogens (tertiary/aromatic N) is 3. The van der Waals surface area contributed by atoms with Crippen LogP contribution in [0.15, 0.2) is 46.0 Å². The summed E-state index contributed by atoms with van der Waals surface area (Å²) in [5.41, 5.74) is -0.494. The number of carbonyl (C=O) groups is 4. The molecule has 2 rings (SSSR count). The van der Waals surface area contributed by atoms with E-state index in [0.29, 0.717) is 5.33 Å². The lowest BCUT2D eigenvalue weighted by atomic mass is 10.3. The molecule has 2 aromatic rings. The monoisotopic (exact) mass is 556 g/mol. The molecule has 0 unspecified atom stereocenters. The standard InChI is InChI=1S/C11H14N2O4.C7H7NO3.C4H8BrNO/c1-12(2)10(15)7-13-8(11(16)17-3)5-4-6-9(13)14;1-11-7(10)5-3-2-4-6(9)8-5;1-6(2)4(7)3-5/h4-6H,7H2,1-3H3;2-4H,1H3,(H,8,9);3H2,1-2H3. The minimum Gasteiger partial charge on any atom is -0.464 e. The van der Waals surface area contributed by atoms with Crippen LogP contribution in [0.3, 0.4) is 0 Å². The molecular weight excluding hydrogens is 528 g/mol. The normalized spacial score (nSPS) is 9.34. The molecular formula is C22H29BrN4O8. The number of rotatable bonds is 5. The van der Waals surface area contributed by atoms with E-state index in [9.17, 15) is 28.8 Å². The van der Waals surface area contributed by atoms with Crippen LogP contribution in [0.4, 0.5) is 0 Å². The maximum absolute atomic E-state index is 11.6. The summed E-state index contributed by atoms with van der Waals surface area (Å²) in [7, 11) is 9.08. The van der Waals surface area contributed by atoms with Crippen LogP contribution in [-0.2, 0) is 25.6 Å². The van der Waals surface area contributed by atoms with E-state index in [1.165, 1.54) is 60.4 Å². The number of hydrogen-bond acceptors (Lipinski definition) is 8. The van der Waals surface area contributed by atoms with E-state index in [4.69, 9.17) is 0 Å². The summed E-state index contributed by atoms with van der Waals surface area (Å²) in [6.07, 6.45) is 0. The smallest absolute Gasteiger partial charge is 0.354 e. The van der Waals surface area contributed by atoms with Gasteiger partial charge in [-0.05, 0) is 12.1 Å². The van der Waals surface area contributed by atoms with Crippen molar-refractivity contribution in [3.63, 3.8) is 0 Å². The van der Waals surface area contributed by atoms with Gasteiger partial charge >= 0.3 is 11.9 Å². The number of aromatic nitrogens is 2. The molecule has 0 radical (unpaired) electrons. The highest BCUT2D eigenvalue weighted by molar-refractivity contribution is 9.09. The summed E-state index contributed by atoms with van der Waals surface area (Å²) < 4.78 is 10.0. The highest BCUT2D eigenvalue weighted by atomic mass is 79.9. The molecule has 0 fully saturated rings. The number of likely N-dealkylation sites (N-methyl/N-ethyl adjacent to an activating group) is 1. The molecule has 0 aliphatic rings. The maximum Gasteiger partial charge on any atom is 0.354 e. The molecule has 2 heterocycles. The Bertz CT molecular complexity index is 1120. The minimum absolute atomic E-state index is 0.0650. The highest BCUT2D eigenvalue weighted by Crippen LogP contribution is 2.00. The lowest BCUT2D eigenvalue weighted by molar-refractivity contribution is -0.129. The highest BCUT2D eigenvalue weighted by Gasteiger charge is 2.15. The fraction of sp³-hybridized carbons (Fsp3) is 0.364. The van der Waals surface area contributed by atoms with Crippen LogP contribution in [0.1, 0.15) is 21.0 Å². The number of pyridine rings is 2. The molecule has 0 spiro atoms. The Kier molecular flexibility index (Phi) is 14.3. The van der Waals surface area contributed by atoms with Gasteiger partial charge in [0, 0.05) is 40.3 Å². The summed E-state index contributed by atoms with van der Waals surface area (Å²) in [6.45, 7) is -0.183. The third-order valence-electron chi connectivity index (χ3n) is 4.02. The van der Waals surface area contributed by atoms with Crippen molar-refractivity contribution in [3.8, 4) is 0 Å². The van der Waals surface area contributed by atoms with E-state index in [1.54, 1.807) is 28.2 Å². The van der Waals surface area contributed by atoms with Crippen LogP contribution < -0.4 is 11.1 Å². The molecule has 0 atom stereocenters. The van der Waals surface area contributed by atoms with Crippen LogP contribution in [0.25, 0.3) is 0 Å². The number of nitrogens with one attached hydrogen (secondary N) is 1. The Morgan fingerprint density at radius 2 is 1.40 bits per heavy atom. The molecule has 0 aromatic carbocycles. The van der Waals surface area contributed by atoms with Crippen molar-refractivity contribution in [3.05, 3.63) is 68.5 Å². The van der Waals surface area contributed by atoms with Crippen molar-refractivity contribution in [2.45, 2.75) is 6.54 Å². The number of halogens is 1. The average Bonchev–Trinajstić information content (AvgIpc) is 2.84.